The number of aryl methyl sites for hydroxylation is 1. The lowest BCUT2D eigenvalue weighted by atomic mass is 10.2. The number of hydrogen-bond donors (Lipinski definition) is 1. The SMILES string of the molecule is Cn1cc(CNc2ccc(C#N)c(Cl)c2)c(=O)n(C)c1=O. The van der Waals surface area contributed by atoms with E-state index in [-0.39, 0.29) is 17.8 Å². The molecule has 1 heterocycles. The van der Waals surface area contributed by atoms with Crippen molar-refractivity contribution in [2.24, 2.45) is 14.1 Å². The molecule has 1 aromatic carbocycles. The molecule has 0 aliphatic rings. The van der Waals surface area contributed by atoms with E-state index in [1.54, 1.807) is 25.2 Å². The third-order valence-corrected chi connectivity index (χ3v) is 3.40. The highest BCUT2D eigenvalue weighted by Gasteiger charge is 2.07. The van der Waals surface area contributed by atoms with Crippen molar-refractivity contribution in [3.05, 3.63) is 61.4 Å². The Morgan fingerprint density at radius 1 is 1.33 bits per heavy atom. The van der Waals surface area contributed by atoms with Gasteiger partial charge in [0.15, 0.2) is 0 Å². The lowest BCUT2D eigenvalue weighted by Crippen LogP contribution is -2.38. The van der Waals surface area contributed by atoms with Gasteiger partial charge in [0.2, 0.25) is 0 Å². The van der Waals surface area contributed by atoms with Crippen molar-refractivity contribution < 1.29 is 0 Å². The number of benzene rings is 1. The predicted octanol–water partition coefficient (Wildman–Crippen LogP) is 1.22. The average molecular weight is 305 g/mol. The molecule has 1 N–H and O–H groups in total. The quantitative estimate of drug-likeness (QED) is 0.924. The monoisotopic (exact) mass is 304 g/mol. The summed E-state index contributed by atoms with van der Waals surface area (Å²) in [7, 11) is 3.02. The molecule has 6 nitrogen and oxygen atoms in total. The van der Waals surface area contributed by atoms with E-state index in [4.69, 9.17) is 16.9 Å². The zero-order valence-electron chi connectivity index (χ0n) is 11.6. The molecule has 1 aromatic heterocycles. The van der Waals surface area contributed by atoms with Crippen molar-refractivity contribution in [2.45, 2.75) is 6.54 Å². The molecule has 2 aromatic rings. The van der Waals surface area contributed by atoms with E-state index in [0.717, 1.165) is 4.57 Å². The molecule has 0 saturated heterocycles. The minimum Gasteiger partial charge on any atom is -0.381 e. The zero-order valence-corrected chi connectivity index (χ0v) is 12.3. The topological polar surface area (TPSA) is 79.8 Å². The molecule has 7 heteroatoms. The van der Waals surface area contributed by atoms with Gasteiger partial charge in [-0.2, -0.15) is 5.26 Å². The van der Waals surface area contributed by atoms with Crippen molar-refractivity contribution in [2.75, 3.05) is 5.32 Å². The fraction of sp³-hybridized carbons (Fsp3) is 0.214. The van der Waals surface area contributed by atoms with Crippen LogP contribution in [0, 0.1) is 11.3 Å². The summed E-state index contributed by atoms with van der Waals surface area (Å²) >= 11 is 5.94. The van der Waals surface area contributed by atoms with E-state index in [1.807, 2.05) is 6.07 Å². The normalized spacial score (nSPS) is 10.2. The number of anilines is 1. The molecule has 0 saturated carbocycles. The molecule has 0 spiro atoms. The van der Waals surface area contributed by atoms with E-state index >= 15 is 0 Å². The van der Waals surface area contributed by atoms with Gasteiger partial charge in [-0.25, -0.2) is 4.79 Å². The Bertz CT molecular complexity index is 846. The minimum atomic E-state index is -0.370. The van der Waals surface area contributed by atoms with Gasteiger partial charge in [0.25, 0.3) is 5.56 Å². The van der Waals surface area contributed by atoms with Crippen LogP contribution in [0.2, 0.25) is 5.02 Å². The van der Waals surface area contributed by atoms with Crippen LogP contribution in [0.4, 0.5) is 5.69 Å². The van der Waals surface area contributed by atoms with Crippen molar-refractivity contribution in [1.29, 1.82) is 5.26 Å². The van der Waals surface area contributed by atoms with Gasteiger partial charge in [0.05, 0.1) is 16.1 Å². The summed E-state index contributed by atoms with van der Waals surface area (Å²) in [4.78, 5) is 23.6. The summed E-state index contributed by atoms with van der Waals surface area (Å²) in [5.41, 5.74) is 0.825. The molecule has 0 atom stereocenters. The first kappa shape index (κ1) is 14.9. The number of nitrogens with one attached hydrogen (secondary N) is 1. The second-order valence-corrected chi connectivity index (χ2v) is 4.98. The van der Waals surface area contributed by atoms with Gasteiger partial charge in [0.1, 0.15) is 6.07 Å². The second kappa shape index (κ2) is 5.85. The molecular formula is C14H13ClN4O2. The van der Waals surface area contributed by atoms with Crippen molar-refractivity contribution >= 4 is 17.3 Å². The summed E-state index contributed by atoms with van der Waals surface area (Å²) in [6.45, 7) is 0.253. The molecule has 0 fully saturated rings. The van der Waals surface area contributed by atoms with Gasteiger partial charge in [-0.3, -0.25) is 9.36 Å². The molecule has 0 radical (unpaired) electrons. The highest BCUT2D eigenvalue weighted by Crippen LogP contribution is 2.20. The fourth-order valence-electron chi connectivity index (χ4n) is 1.92. The molecule has 21 heavy (non-hydrogen) atoms. The van der Waals surface area contributed by atoms with Crippen LogP contribution >= 0.6 is 11.6 Å². The Morgan fingerprint density at radius 2 is 2.05 bits per heavy atom. The number of nitrogens with zero attached hydrogens (tertiary/aromatic N) is 3. The minimum absolute atomic E-state index is 0.253. The highest BCUT2D eigenvalue weighted by molar-refractivity contribution is 6.32. The highest BCUT2D eigenvalue weighted by atomic mass is 35.5. The average Bonchev–Trinajstić information content (AvgIpc) is 2.47. The Balaban J connectivity index is 2.25. The Hall–Kier alpha value is -2.52. The molecule has 0 aliphatic carbocycles. The number of aromatic nitrogens is 2. The van der Waals surface area contributed by atoms with Crippen LogP contribution in [0.15, 0.2) is 34.0 Å². The Kier molecular flexibility index (Phi) is 4.15. The molecule has 108 valence electrons. The van der Waals surface area contributed by atoms with E-state index < -0.39 is 0 Å². The zero-order chi connectivity index (χ0) is 15.6. The van der Waals surface area contributed by atoms with Crippen LogP contribution in [-0.4, -0.2) is 9.13 Å². The maximum atomic E-state index is 12.0. The van der Waals surface area contributed by atoms with Crippen molar-refractivity contribution in [3.63, 3.8) is 0 Å². The summed E-state index contributed by atoms with van der Waals surface area (Å²) in [6.07, 6.45) is 1.50. The van der Waals surface area contributed by atoms with E-state index in [1.165, 1.54) is 17.8 Å². The first-order valence-corrected chi connectivity index (χ1v) is 6.51. The van der Waals surface area contributed by atoms with Crippen LogP contribution in [0.25, 0.3) is 0 Å². The van der Waals surface area contributed by atoms with Gasteiger partial charge in [-0.05, 0) is 18.2 Å². The van der Waals surface area contributed by atoms with Gasteiger partial charge in [-0.1, -0.05) is 11.6 Å². The van der Waals surface area contributed by atoms with E-state index in [0.29, 0.717) is 21.8 Å². The fourth-order valence-corrected chi connectivity index (χ4v) is 2.14. The third kappa shape index (κ3) is 2.98. The first-order chi connectivity index (χ1) is 9.93. The van der Waals surface area contributed by atoms with Gasteiger partial charge in [0, 0.05) is 32.5 Å². The molecular weight excluding hydrogens is 292 g/mol. The van der Waals surface area contributed by atoms with Gasteiger partial charge in [-0.15, -0.1) is 0 Å². The van der Waals surface area contributed by atoms with Crippen LogP contribution in [0.1, 0.15) is 11.1 Å². The number of nitriles is 1. The summed E-state index contributed by atoms with van der Waals surface area (Å²) in [5.74, 6) is 0. The maximum absolute atomic E-state index is 12.0. The molecule has 0 bridgehead atoms. The van der Waals surface area contributed by atoms with Crippen LogP contribution < -0.4 is 16.6 Å². The van der Waals surface area contributed by atoms with E-state index in [9.17, 15) is 9.59 Å². The summed E-state index contributed by atoms with van der Waals surface area (Å²) < 4.78 is 2.41. The maximum Gasteiger partial charge on any atom is 0.330 e. The van der Waals surface area contributed by atoms with Gasteiger partial charge < -0.3 is 9.88 Å². The largest absolute Gasteiger partial charge is 0.381 e. The molecule has 0 unspecified atom stereocenters. The number of hydrogen-bond acceptors (Lipinski definition) is 4. The standard InChI is InChI=1S/C14H13ClN4O2/c1-18-8-10(13(20)19(2)14(18)21)7-17-11-4-3-9(6-16)12(15)5-11/h3-5,8,17H,7H2,1-2H3. The van der Waals surface area contributed by atoms with E-state index in [2.05, 4.69) is 5.32 Å². The number of rotatable bonds is 3. The first-order valence-electron chi connectivity index (χ1n) is 6.13. The molecule has 0 amide bonds. The molecule has 2 rings (SSSR count). The lowest BCUT2D eigenvalue weighted by molar-refractivity contribution is 0.671. The van der Waals surface area contributed by atoms with Gasteiger partial charge >= 0.3 is 5.69 Å². The summed E-state index contributed by atoms with van der Waals surface area (Å²) in [6, 6.07) is 6.90. The Morgan fingerprint density at radius 3 is 2.67 bits per heavy atom. The summed E-state index contributed by atoms with van der Waals surface area (Å²) in [5, 5.41) is 12.2. The predicted molar refractivity (Wildman–Crippen MR) is 80.4 cm³/mol. The smallest absolute Gasteiger partial charge is 0.330 e. The van der Waals surface area contributed by atoms with Crippen LogP contribution in [0.3, 0.4) is 0 Å². The molecule has 0 aliphatic heterocycles. The second-order valence-electron chi connectivity index (χ2n) is 4.57. The van der Waals surface area contributed by atoms with Crippen molar-refractivity contribution in [1.82, 2.24) is 9.13 Å². The van der Waals surface area contributed by atoms with Crippen LogP contribution in [-0.2, 0) is 20.6 Å². The van der Waals surface area contributed by atoms with Crippen molar-refractivity contribution in [3.8, 4) is 6.07 Å². The lowest BCUT2D eigenvalue weighted by Gasteiger charge is -2.09. The Labute approximate surface area is 125 Å². The third-order valence-electron chi connectivity index (χ3n) is 3.09. The van der Waals surface area contributed by atoms with Crippen LogP contribution in [0.5, 0.6) is 0 Å². The number of halogens is 1.